The fourth-order valence-electron chi connectivity index (χ4n) is 3.12. The summed E-state index contributed by atoms with van der Waals surface area (Å²) in [5.41, 5.74) is -0.748. The average molecular weight is 251 g/mol. The predicted molar refractivity (Wildman–Crippen MR) is 66.9 cm³/mol. The molecule has 1 atom stereocenters. The van der Waals surface area contributed by atoms with Crippen molar-refractivity contribution in [2.24, 2.45) is 0 Å². The van der Waals surface area contributed by atoms with Gasteiger partial charge in [0.15, 0.2) is 0 Å². The molecule has 2 heterocycles. The Morgan fingerprint density at radius 3 is 2.56 bits per heavy atom. The van der Waals surface area contributed by atoms with E-state index in [0.717, 1.165) is 25.6 Å². The molecule has 1 N–H and O–H groups in total. The van der Waals surface area contributed by atoms with Gasteiger partial charge in [-0.25, -0.2) is 0 Å². The molecule has 0 aromatic carbocycles. The second-order valence-electron chi connectivity index (χ2n) is 6.27. The molecule has 0 aromatic heterocycles. The number of carbonyl (C=O) groups excluding carboxylic acids is 2. The van der Waals surface area contributed by atoms with E-state index in [2.05, 4.69) is 10.2 Å². The molecule has 1 unspecified atom stereocenters. The lowest BCUT2D eigenvalue weighted by atomic mass is 9.98. The monoisotopic (exact) mass is 251 g/mol. The third-order valence-electron chi connectivity index (χ3n) is 4.26. The fraction of sp³-hybridized carbons (Fsp3) is 0.846. The van der Waals surface area contributed by atoms with E-state index >= 15 is 0 Å². The van der Waals surface area contributed by atoms with E-state index in [-0.39, 0.29) is 24.4 Å². The molecule has 100 valence electrons. The number of hydrogen-bond donors (Lipinski definition) is 1. The van der Waals surface area contributed by atoms with Gasteiger partial charge in [-0.1, -0.05) is 0 Å². The smallest absolute Gasteiger partial charge is 0.248 e. The molecule has 0 bridgehead atoms. The number of amides is 2. The first-order chi connectivity index (χ1) is 8.47. The van der Waals surface area contributed by atoms with Crippen LogP contribution in [0.2, 0.25) is 0 Å². The zero-order valence-corrected chi connectivity index (χ0v) is 11.1. The standard InChI is InChI=1S/C13H21N3O2/c1-13(2)12(18)16(8-11(17)14-13)10-5-6-15(7-10)9-3-4-9/h9-10H,3-8H2,1-2H3,(H,14,17). The highest BCUT2D eigenvalue weighted by Crippen LogP contribution is 2.32. The molecular formula is C13H21N3O2. The number of likely N-dealkylation sites (tertiary alicyclic amines) is 1. The van der Waals surface area contributed by atoms with Crippen LogP contribution in [0.3, 0.4) is 0 Å². The van der Waals surface area contributed by atoms with Crippen LogP contribution in [-0.2, 0) is 9.59 Å². The molecule has 2 amide bonds. The van der Waals surface area contributed by atoms with Gasteiger partial charge in [0.1, 0.15) is 5.54 Å². The summed E-state index contributed by atoms with van der Waals surface area (Å²) in [6.45, 7) is 5.81. The normalized spacial score (nSPS) is 32.8. The highest BCUT2D eigenvalue weighted by Gasteiger charge is 2.44. The van der Waals surface area contributed by atoms with Crippen LogP contribution in [0.5, 0.6) is 0 Å². The Balaban J connectivity index is 1.71. The summed E-state index contributed by atoms with van der Waals surface area (Å²) >= 11 is 0. The van der Waals surface area contributed by atoms with Crippen molar-refractivity contribution in [3.63, 3.8) is 0 Å². The third-order valence-corrected chi connectivity index (χ3v) is 4.26. The van der Waals surface area contributed by atoms with E-state index in [4.69, 9.17) is 0 Å². The van der Waals surface area contributed by atoms with Crippen molar-refractivity contribution in [1.29, 1.82) is 0 Å². The molecule has 5 heteroatoms. The summed E-state index contributed by atoms with van der Waals surface area (Å²) in [6, 6.07) is 0.972. The van der Waals surface area contributed by atoms with Crippen molar-refractivity contribution in [2.75, 3.05) is 19.6 Å². The van der Waals surface area contributed by atoms with Gasteiger partial charge in [-0.2, -0.15) is 0 Å². The zero-order chi connectivity index (χ0) is 12.9. The lowest BCUT2D eigenvalue weighted by Gasteiger charge is -2.40. The van der Waals surface area contributed by atoms with Crippen LogP contribution < -0.4 is 5.32 Å². The summed E-state index contributed by atoms with van der Waals surface area (Å²) in [5, 5.41) is 2.76. The first kappa shape index (κ1) is 12.0. The van der Waals surface area contributed by atoms with E-state index in [0.29, 0.717) is 0 Å². The highest BCUT2D eigenvalue weighted by atomic mass is 16.2. The number of hydrogen-bond acceptors (Lipinski definition) is 3. The van der Waals surface area contributed by atoms with E-state index < -0.39 is 5.54 Å². The molecular weight excluding hydrogens is 230 g/mol. The van der Waals surface area contributed by atoms with E-state index in [1.807, 2.05) is 0 Å². The fourth-order valence-corrected chi connectivity index (χ4v) is 3.12. The van der Waals surface area contributed by atoms with Crippen LogP contribution in [0.4, 0.5) is 0 Å². The van der Waals surface area contributed by atoms with Gasteiger partial charge >= 0.3 is 0 Å². The summed E-state index contributed by atoms with van der Waals surface area (Å²) in [5.74, 6) is 0.0224. The Morgan fingerprint density at radius 2 is 1.89 bits per heavy atom. The third kappa shape index (κ3) is 2.00. The largest absolute Gasteiger partial charge is 0.341 e. The zero-order valence-electron chi connectivity index (χ0n) is 11.1. The van der Waals surface area contributed by atoms with Gasteiger partial charge in [0, 0.05) is 25.2 Å². The molecule has 2 aliphatic heterocycles. The average Bonchev–Trinajstić information content (AvgIpc) is 3.02. The van der Waals surface area contributed by atoms with E-state index in [1.165, 1.54) is 12.8 Å². The molecule has 5 nitrogen and oxygen atoms in total. The van der Waals surface area contributed by atoms with Crippen LogP contribution in [0.15, 0.2) is 0 Å². The first-order valence-electron chi connectivity index (χ1n) is 6.83. The Morgan fingerprint density at radius 1 is 1.17 bits per heavy atom. The second kappa shape index (κ2) is 3.95. The Hall–Kier alpha value is -1.10. The Labute approximate surface area is 107 Å². The van der Waals surface area contributed by atoms with Gasteiger partial charge in [-0.3, -0.25) is 14.5 Å². The molecule has 1 saturated carbocycles. The predicted octanol–water partition coefficient (Wildman–Crippen LogP) is -0.0399. The van der Waals surface area contributed by atoms with Crippen molar-refractivity contribution < 1.29 is 9.59 Å². The maximum Gasteiger partial charge on any atom is 0.248 e. The topological polar surface area (TPSA) is 52.7 Å². The van der Waals surface area contributed by atoms with E-state index in [1.54, 1.807) is 18.7 Å². The van der Waals surface area contributed by atoms with Crippen LogP contribution in [0.1, 0.15) is 33.1 Å². The van der Waals surface area contributed by atoms with Crippen LogP contribution in [0, 0.1) is 0 Å². The van der Waals surface area contributed by atoms with Crippen molar-refractivity contribution in [1.82, 2.24) is 15.1 Å². The first-order valence-corrected chi connectivity index (χ1v) is 6.83. The summed E-state index contributed by atoms with van der Waals surface area (Å²) in [7, 11) is 0. The summed E-state index contributed by atoms with van der Waals surface area (Å²) < 4.78 is 0. The molecule has 0 spiro atoms. The van der Waals surface area contributed by atoms with Crippen molar-refractivity contribution in [3.05, 3.63) is 0 Å². The van der Waals surface area contributed by atoms with Crippen LogP contribution >= 0.6 is 0 Å². The van der Waals surface area contributed by atoms with Gasteiger partial charge in [0.2, 0.25) is 11.8 Å². The molecule has 2 saturated heterocycles. The molecule has 3 rings (SSSR count). The number of rotatable bonds is 2. The molecule has 0 radical (unpaired) electrons. The van der Waals surface area contributed by atoms with Crippen LogP contribution in [-0.4, -0.2) is 58.9 Å². The minimum Gasteiger partial charge on any atom is -0.341 e. The van der Waals surface area contributed by atoms with Crippen LogP contribution in [0.25, 0.3) is 0 Å². The molecule has 0 aromatic rings. The maximum absolute atomic E-state index is 12.4. The number of piperazine rings is 1. The Bertz CT molecular complexity index is 390. The van der Waals surface area contributed by atoms with Gasteiger partial charge in [0.05, 0.1) is 6.54 Å². The SMILES string of the molecule is CC1(C)NC(=O)CN(C2CCN(C3CC3)C2)C1=O. The van der Waals surface area contributed by atoms with Gasteiger partial charge < -0.3 is 10.2 Å². The lowest BCUT2D eigenvalue weighted by molar-refractivity contribution is -0.150. The minimum absolute atomic E-state index is 0.0375. The highest BCUT2D eigenvalue weighted by molar-refractivity contribution is 5.97. The lowest BCUT2D eigenvalue weighted by Crippen LogP contribution is -2.66. The number of carbonyl (C=O) groups is 2. The summed E-state index contributed by atoms with van der Waals surface area (Å²) in [6.07, 6.45) is 3.60. The quantitative estimate of drug-likeness (QED) is 0.749. The second-order valence-corrected chi connectivity index (χ2v) is 6.27. The van der Waals surface area contributed by atoms with Crippen molar-refractivity contribution >= 4 is 11.8 Å². The molecule has 1 aliphatic carbocycles. The molecule has 3 fully saturated rings. The van der Waals surface area contributed by atoms with Crippen molar-refractivity contribution in [3.8, 4) is 0 Å². The molecule has 18 heavy (non-hydrogen) atoms. The molecule has 3 aliphatic rings. The maximum atomic E-state index is 12.4. The number of nitrogens with zero attached hydrogens (tertiary/aromatic N) is 2. The summed E-state index contributed by atoms with van der Waals surface area (Å²) in [4.78, 5) is 28.3. The number of nitrogens with one attached hydrogen (secondary N) is 1. The van der Waals surface area contributed by atoms with Gasteiger partial charge in [-0.05, 0) is 33.1 Å². The van der Waals surface area contributed by atoms with Gasteiger partial charge in [-0.15, -0.1) is 0 Å². The van der Waals surface area contributed by atoms with Crippen molar-refractivity contribution in [2.45, 2.75) is 50.7 Å². The minimum atomic E-state index is -0.748. The van der Waals surface area contributed by atoms with E-state index in [9.17, 15) is 9.59 Å². The van der Waals surface area contributed by atoms with Gasteiger partial charge in [0.25, 0.3) is 0 Å². The Kier molecular flexibility index (Phi) is 2.62.